The molecule has 2 aliphatic heterocycles. The minimum atomic E-state index is -2.65. The monoisotopic (exact) mass is 449 g/mol. The predicted molar refractivity (Wildman–Crippen MR) is 124 cm³/mol. The first-order valence-corrected chi connectivity index (χ1v) is 11.1. The largest absolute Gasteiger partial charge is 0.497 e. The normalized spacial score (nSPS) is 17.8. The lowest BCUT2D eigenvalue weighted by Crippen LogP contribution is -2.40. The van der Waals surface area contributed by atoms with Gasteiger partial charge in [0.15, 0.2) is 0 Å². The molecule has 5 nitrogen and oxygen atoms in total. The first kappa shape index (κ1) is 21.4. The molecule has 1 saturated heterocycles. The van der Waals surface area contributed by atoms with Gasteiger partial charge in [-0.15, -0.1) is 0 Å². The van der Waals surface area contributed by atoms with Crippen LogP contribution in [-0.4, -0.2) is 41.8 Å². The number of fused-ring (bicyclic) bond motifs is 1. The highest BCUT2D eigenvalue weighted by molar-refractivity contribution is 6.22. The van der Waals surface area contributed by atoms with Gasteiger partial charge in [-0.05, 0) is 24.6 Å². The Labute approximate surface area is 191 Å². The van der Waals surface area contributed by atoms with Crippen LogP contribution in [0.25, 0.3) is 16.8 Å². The molecule has 7 heteroatoms. The van der Waals surface area contributed by atoms with E-state index in [1.165, 1.54) is 4.68 Å². The van der Waals surface area contributed by atoms with Gasteiger partial charge in [0.2, 0.25) is 0 Å². The van der Waals surface area contributed by atoms with Gasteiger partial charge in [-0.3, -0.25) is 4.79 Å². The average Bonchev–Trinajstić information content (AvgIpc) is 3.20. The predicted octanol–water partition coefficient (Wildman–Crippen LogP) is 5.46. The third-order valence-electron chi connectivity index (χ3n) is 6.46. The maximum Gasteiger partial charge on any atom is 0.279 e. The molecule has 2 aliphatic rings. The fourth-order valence-corrected chi connectivity index (χ4v) is 4.71. The van der Waals surface area contributed by atoms with E-state index in [-0.39, 0.29) is 31.8 Å². The molecule has 0 N–H and O–H groups in total. The van der Waals surface area contributed by atoms with E-state index in [4.69, 9.17) is 9.84 Å². The summed E-state index contributed by atoms with van der Waals surface area (Å²) in [5, 5.41) is 4.74. The van der Waals surface area contributed by atoms with Gasteiger partial charge in [0.25, 0.3) is 11.8 Å². The van der Waals surface area contributed by atoms with Gasteiger partial charge >= 0.3 is 0 Å². The number of halogens is 2. The summed E-state index contributed by atoms with van der Waals surface area (Å²) in [5.41, 5.74) is 5.43. The number of benzene rings is 2. The fourth-order valence-electron chi connectivity index (χ4n) is 4.71. The van der Waals surface area contributed by atoms with Gasteiger partial charge in [-0.1, -0.05) is 48.0 Å². The fraction of sp³-hybridized carbons (Fsp3) is 0.308. The molecule has 33 heavy (non-hydrogen) atoms. The molecule has 0 bridgehead atoms. The van der Waals surface area contributed by atoms with Crippen molar-refractivity contribution in [3.05, 3.63) is 71.4 Å². The first-order valence-electron chi connectivity index (χ1n) is 11.1. The second-order valence-corrected chi connectivity index (χ2v) is 8.63. The molecule has 0 saturated carbocycles. The van der Waals surface area contributed by atoms with Crippen molar-refractivity contribution in [2.45, 2.75) is 32.1 Å². The highest BCUT2D eigenvalue weighted by Gasteiger charge is 2.38. The van der Waals surface area contributed by atoms with Crippen LogP contribution in [0.2, 0.25) is 0 Å². The first-order chi connectivity index (χ1) is 15.9. The molecule has 3 aromatic rings. The third-order valence-corrected chi connectivity index (χ3v) is 6.46. The Morgan fingerprint density at radius 1 is 0.970 bits per heavy atom. The highest BCUT2D eigenvalue weighted by atomic mass is 19.3. The van der Waals surface area contributed by atoms with Crippen LogP contribution >= 0.6 is 0 Å². The van der Waals surface area contributed by atoms with Gasteiger partial charge in [-0.25, -0.2) is 8.78 Å². The van der Waals surface area contributed by atoms with Gasteiger partial charge in [0, 0.05) is 43.5 Å². The zero-order chi connectivity index (χ0) is 23.2. The van der Waals surface area contributed by atoms with Crippen molar-refractivity contribution < 1.29 is 18.3 Å². The summed E-state index contributed by atoms with van der Waals surface area (Å²) in [6.07, 6.45) is 0.118. The lowest BCUT2D eigenvalue weighted by Gasteiger charge is -2.34. The Kier molecular flexibility index (Phi) is 5.27. The van der Waals surface area contributed by atoms with Gasteiger partial charge in [0.1, 0.15) is 11.4 Å². The topological polar surface area (TPSA) is 47.4 Å². The summed E-state index contributed by atoms with van der Waals surface area (Å²) in [6, 6.07) is 17.0. The zero-order valence-corrected chi connectivity index (χ0v) is 18.6. The lowest BCUT2D eigenvalue weighted by atomic mass is 9.93. The van der Waals surface area contributed by atoms with E-state index in [9.17, 15) is 13.6 Å². The molecular weight excluding hydrogens is 424 g/mol. The van der Waals surface area contributed by atoms with E-state index in [2.05, 4.69) is 0 Å². The van der Waals surface area contributed by atoms with E-state index >= 15 is 0 Å². The van der Waals surface area contributed by atoms with Crippen molar-refractivity contribution in [1.82, 2.24) is 9.78 Å². The Balaban J connectivity index is 1.60. The maximum absolute atomic E-state index is 13.9. The number of nitrogens with zero attached hydrogens (tertiary/aromatic N) is 3. The summed E-state index contributed by atoms with van der Waals surface area (Å²) in [7, 11) is 1.60. The molecule has 0 unspecified atom stereocenters. The highest BCUT2D eigenvalue weighted by Crippen LogP contribution is 2.41. The maximum atomic E-state index is 13.9. The van der Waals surface area contributed by atoms with Gasteiger partial charge in [0.05, 0.1) is 18.5 Å². The third kappa shape index (κ3) is 3.81. The van der Waals surface area contributed by atoms with Crippen LogP contribution in [-0.2, 0) is 6.42 Å². The van der Waals surface area contributed by atoms with Crippen LogP contribution in [0.3, 0.4) is 0 Å². The molecular formula is C26H25F2N3O2. The lowest BCUT2D eigenvalue weighted by molar-refractivity contribution is -0.0220. The SMILES string of the molecule is COc1ccc(C2=C(C)Cc3c(N4CCC(F)(F)CC4)c(-c4ccccc4)nn3C2=O)cc1. The van der Waals surface area contributed by atoms with E-state index < -0.39 is 5.92 Å². The molecule has 0 radical (unpaired) electrons. The van der Waals surface area contributed by atoms with Gasteiger partial charge in [-0.2, -0.15) is 9.78 Å². The molecule has 0 atom stereocenters. The molecule has 1 aromatic heterocycles. The molecule has 170 valence electrons. The number of rotatable bonds is 4. The van der Waals surface area contributed by atoms with E-state index in [0.29, 0.717) is 17.7 Å². The van der Waals surface area contributed by atoms with Crippen LogP contribution in [0.5, 0.6) is 5.75 Å². The second-order valence-electron chi connectivity index (χ2n) is 8.63. The number of piperidine rings is 1. The molecule has 5 rings (SSSR count). The van der Waals surface area contributed by atoms with E-state index in [1.807, 2.05) is 66.4 Å². The Morgan fingerprint density at radius 2 is 1.64 bits per heavy atom. The number of aromatic nitrogens is 2. The Morgan fingerprint density at radius 3 is 2.27 bits per heavy atom. The van der Waals surface area contributed by atoms with Crippen LogP contribution in [0.1, 0.15) is 35.8 Å². The molecule has 0 aliphatic carbocycles. The van der Waals surface area contributed by atoms with Gasteiger partial charge < -0.3 is 9.64 Å². The molecule has 0 amide bonds. The smallest absolute Gasteiger partial charge is 0.279 e. The quantitative estimate of drug-likeness (QED) is 0.530. The Bertz CT molecular complexity index is 1220. The van der Waals surface area contributed by atoms with E-state index in [1.54, 1.807) is 7.11 Å². The molecule has 3 heterocycles. The number of allylic oxidation sites excluding steroid dienone is 2. The number of ether oxygens (including phenoxy) is 1. The molecule has 1 fully saturated rings. The standard InChI is InChI=1S/C26H25F2N3O2/c1-17-16-21-24(30-14-12-26(27,28)13-15-30)23(19-6-4-3-5-7-19)29-31(21)25(32)22(17)18-8-10-20(33-2)11-9-18/h3-11H,12-16H2,1-2H3. The second kappa shape index (κ2) is 8.14. The minimum absolute atomic E-state index is 0.203. The summed E-state index contributed by atoms with van der Waals surface area (Å²) in [4.78, 5) is 15.6. The summed E-state index contributed by atoms with van der Waals surface area (Å²) in [5.74, 6) is -2.13. The average molecular weight is 450 g/mol. The number of hydrogen-bond donors (Lipinski definition) is 0. The summed E-state index contributed by atoms with van der Waals surface area (Å²) in [6.45, 7) is 2.41. The van der Waals surface area contributed by atoms with Crippen LogP contribution in [0.4, 0.5) is 14.5 Å². The molecule has 2 aromatic carbocycles. The van der Waals surface area contributed by atoms with Crippen molar-refractivity contribution in [2.24, 2.45) is 0 Å². The molecule has 0 spiro atoms. The van der Waals surface area contributed by atoms with Crippen molar-refractivity contribution >= 4 is 17.2 Å². The number of hydrogen-bond acceptors (Lipinski definition) is 4. The van der Waals surface area contributed by atoms with E-state index in [0.717, 1.165) is 33.8 Å². The number of carbonyl (C=O) groups excluding carboxylic acids is 1. The van der Waals surface area contributed by atoms with Crippen LogP contribution in [0, 0.1) is 0 Å². The van der Waals surface area contributed by atoms with Crippen molar-refractivity contribution in [1.29, 1.82) is 0 Å². The number of alkyl halides is 2. The zero-order valence-electron chi connectivity index (χ0n) is 18.6. The van der Waals surface area contributed by atoms with Crippen molar-refractivity contribution in [2.75, 3.05) is 25.1 Å². The summed E-state index contributed by atoms with van der Waals surface area (Å²) < 4.78 is 34.5. The van der Waals surface area contributed by atoms with Crippen LogP contribution < -0.4 is 9.64 Å². The minimum Gasteiger partial charge on any atom is -0.497 e. The van der Waals surface area contributed by atoms with Crippen molar-refractivity contribution in [3.63, 3.8) is 0 Å². The number of anilines is 1. The summed E-state index contributed by atoms with van der Waals surface area (Å²) >= 11 is 0. The number of carbonyl (C=O) groups is 1. The van der Waals surface area contributed by atoms with Crippen LogP contribution in [0.15, 0.2) is 60.2 Å². The van der Waals surface area contributed by atoms with Crippen molar-refractivity contribution in [3.8, 4) is 17.0 Å². The Hall–Kier alpha value is -3.48. The number of methoxy groups -OCH3 is 1.